The molecule has 134 valence electrons. The van der Waals surface area contributed by atoms with Gasteiger partial charge < -0.3 is 19.5 Å². The van der Waals surface area contributed by atoms with E-state index in [-0.39, 0.29) is 38.0 Å². The molecule has 0 bridgehead atoms. The minimum atomic E-state index is -4.70. The molecule has 0 amide bonds. The van der Waals surface area contributed by atoms with Crippen molar-refractivity contribution in [3.05, 3.63) is 23.6 Å². The van der Waals surface area contributed by atoms with Gasteiger partial charge in [0.2, 0.25) is 11.8 Å². The molecule has 2 aromatic rings. The average Bonchev–Trinajstić information content (AvgIpc) is 3.10. The SMILES string of the molecule is FC(F)(F)c1nnc(CNCCNCc2nnc(C(F)(F)F)o2)o1. The van der Waals surface area contributed by atoms with Crippen molar-refractivity contribution in [1.82, 2.24) is 31.0 Å². The fraction of sp³-hybridized carbons (Fsp3) is 0.600. The Bertz CT molecular complexity index is 595. The molecule has 0 aliphatic rings. The second kappa shape index (κ2) is 7.12. The molecule has 0 unspecified atom stereocenters. The summed E-state index contributed by atoms with van der Waals surface area (Å²) in [5, 5.41) is 17.5. The van der Waals surface area contributed by atoms with Gasteiger partial charge in [-0.15, -0.1) is 20.4 Å². The van der Waals surface area contributed by atoms with Crippen molar-refractivity contribution in [3.63, 3.8) is 0 Å². The van der Waals surface area contributed by atoms with Crippen LogP contribution in [0.15, 0.2) is 8.83 Å². The largest absolute Gasteiger partial charge is 0.470 e. The lowest BCUT2D eigenvalue weighted by Crippen LogP contribution is -2.27. The van der Waals surface area contributed by atoms with E-state index in [9.17, 15) is 26.3 Å². The fourth-order valence-corrected chi connectivity index (χ4v) is 1.45. The third kappa shape index (κ3) is 5.16. The number of hydrogen-bond acceptors (Lipinski definition) is 8. The lowest BCUT2D eigenvalue weighted by atomic mass is 10.5. The number of rotatable bonds is 7. The van der Waals surface area contributed by atoms with Crippen molar-refractivity contribution in [3.8, 4) is 0 Å². The van der Waals surface area contributed by atoms with Gasteiger partial charge in [-0.25, -0.2) is 0 Å². The maximum absolute atomic E-state index is 12.2. The molecule has 0 aliphatic heterocycles. The molecule has 0 radical (unpaired) electrons. The number of halogens is 6. The van der Waals surface area contributed by atoms with Crippen molar-refractivity contribution in [2.75, 3.05) is 13.1 Å². The highest BCUT2D eigenvalue weighted by atomic mass is 19.4. The number of aromatic nitrogens is 4. The lowest BCUT2D eigenvalue weighted by Gasteiger charge is -2.03. The molecule has 2 aromatic heterocycles. The molecule has 0 saturated carbocycles. The predicted octanol–water partition coefficient (Wildman–Crippen LogP) is 1.37. The van der Waals surface area contributed by atoms with Gasteiger partial charge in [0.15, 0.2) is 0 Å². The van der Waals surface area contributed by atoms with E-state index in [1.807, 2.05) is 0 Å². The second-order valence-corrected chi connectivity index (χ2v) is 4.35. The molecule has 2 N–H and O–H groups in total. The summed E-state index contributed by atoms with van der Waals surface area (Å²) in [6.07, 6.45) is -9.40. The van der Waals surface area contributed by atoms with Crippen LogP contribution in [-0.2, 0) is 25.4 Å². The Labute approximate surface area is 129 Å². The van der Waals surface area contributed by atoms with E-state index in [2.05, 4.69) is 39.9 Å². The summed E-state index contributed by atoms with van der Waals surface area (Å²) < 4.78 is 82.0. The van der Waals surface area contributed by atoms with E-state index < -0.39 is 24.1 Å². The summed E-state index contributed by atoms with van der Waals surface area (Å²) in [5.74, 6) is -3.35. The fourth-order valence-electron chi connectivity index (χ4n) is 1.45. The molecule has 8 nitrogen and oxygen atoms in total. The first-order chi connectivity index (χ1) is 11.2. The summed E-state index contributed by atoms with van der Waals surface area (Å²) in [6.45, 7) is 0.348. The van der Waals surface area contributed by atoms with Gasteiger partial charge in [-0.2, -0.15) is 26.3 Å². The summed E-state index contributed by atoms with van der Waals surface area (Å²) >= 11 is 0. The number of nitrogens with zero attached hydrogens (tertiary/aromatic N) is 4. The molecular weight excluding hydrogens is 350 g/mol. The van der Waals surface area contributed by atoms with Gasteiger partial charge in [-0.3, -0.25) is 0 Å². The minimum Gasteiger partial charge on any atom is -0.416 e. The van der Waals surface area contributed by atoms with Crippen molar-refractivity contribution in [2.24, 2.45) is 0 Å². The Morgan fingerprint density at radius 3 is 1.33 bits per heavy atom. The zero-order valence-electron chi connectivity index (χ0n) is 11.7. The van der Waals surface area contributed by atoms with Gasteiger partial charge in [0.25, 0.3) is 0 Å². The van der Waals surface area contributed by atoms with Crippen LogP contribution in [0.25, 0.3) is 0 Å². The van der Waals surface area contributed by atoms with Crippen LogP contribution in [-0.4, -0.2) is 33.5 Å². The smallest absolute Gasteiger partial charge is 0.416 e. The third-order valence-corrected chi connectivity index (χ3v) is 2.45. The molecule has 0 aromatic carbocycles. The molecule has 0 atom stereocenters. The molecule has 0 spiro atoms. The second-order valence-electron chi connectivity index (χ2n) is 4.35. The number of hydrogen-bond donors (Lipinski definition) is 2. The molecule has 14 heteroatoms. The van der Waals surface area contributed by atoms with Crippen molar-refractivity contribution < 1.29 is 35.2 Å². The molecular formula is C10H10F6N6O2. The minimum absolute atomic E-state index is 0.0937. The first kappa shape index (κ1) is 18.1. The highest BCUT2D eigenvalue weighted by Crippen LogP contribution is 2.28. The summed E-state index contributed by atoms with van der Waals surface area (Å²) in [7, 11) is 0. The van der Waals surface area contributed by atoms with Gasteiger partial charge in [0, 0.05) is 13.1 Å². The van der Waals surface area contributed by atoms with E-state index in [0.29, 0.717) is 0 Å². The maximum atomic E-state index is 12.2. The lowest BCUT2D eigenvalue weighted by molar-refractivity contribution is -0.158. The monoisotopic (exact) mass is 360 g/mol. The predicted molar refractivity (Wildman–Crippen MR) is 62.0 cm³/mol. The summed E-state index contributed by atoms with van der Waals surface area (Å²) in [5.41, 5.74) is 0. The Morgan fingerprint density at radius 2 is 1.04 bits per heavy atom. The van der Waals surface area contributed by atoms with Crippen LogP contribution in [0.3, 0.4) is 0 Å². The molecule has 0 fully saturated rings. The molecule has 24 heavy (non-hydrogen) atoms. The van der Waals surface area contributed by atoms with E-state index in [1.54, 1.807) is 0 Å². The van der Waals surface area contributed by atoms with E-state index in [0.717, 1.165) is 0 Å². The molecule has 2 heterocycles. The van der Waals surface area contributed by atoms with Crippen LogP contribution in [0.2, 0.25) is 0 Å². The Balaban J connectivity index is 1.63. The van der Waals surface area contributed by atoms with E-state index in [1.165, 1.54) is 0 Å². The van der Waals surface area contributed by atoms with Crippen LogP contribution < -0.4 is 10.6 Å². The highest BCUT2D eigenvalue weighted by molar-refractivity contribution is 4.87. The summed E-state index contributed by atoms with van der Waals surface area (Å²) in [6, 6.07) is 0. The highest BCUT2D eigenvalue weighted by Gasteiger charge is 2.38. The normalized spacial score (nSPS) is 12.8. The van der Waals surface area contributed by atoms with Crippen LogP contribution in [0.5, 0.6) is 0 Å². The standard InChI is InChI=1S/C10H10F6N6O2/c11-9(12,13)7-21-19-5(23-7)3-17-1-2-18-4-6-20-22-8(24-6)10(14,15)16/h17-18H,1-4H2. The average molecular weight is 360 g/mol. The van der Waals surface area contributed by atoms with Crippen molar-refractivity contribution in [2.45, 2.75) is 25.4 Å². The van der Waals surface area contributed by atoms with Crippen LogP contribution in [0.4, 0.5) is 26.3 Å². The van der Waals surface area contributed by atoms with E-state index >= 15 is 0 Å². The van der Waals surface area contributed by atoms with Gasteiger partial charge >= 0.3 is 24.1 Å². The van der Waals surface area contributed by atoms with Gasteiger partial charge in [0.1, 0.15) is 0 Å². The van der Waals surface area contributed by atoms with Crippen molar-refractivity contribution >= 4 is 0 Å². The van der Waals surface area contributed by atoms with E-state index in [4.69, 9.17) is 0 Å². The van der Waals surface area contributed by atoms with Crippen LogP contribution in [0, 0.1) is 0 Å². The zero-order chi connectivity index (χ0) is 17.8. The molecule has 0 aliphatic carbocycles. The van der Waals surface area contributed by atoms with Crippen molar-refractivity contribution in [1.29, 1.82) is 0 Å². The molecule has 0 saturated heterocycles. The van der Waals surface area contributed by atoms with Gasteiger partial charge in [0.05, 0.1) is 13.1 Å². The number of alkyl halides is 6. The number of nitrogens with one attached hydrogen (secondary N) is 2. The van der Waals surface area contributed by atoms with Gasteiger partial charge in [-0.05, 0) is 0 Å². The maximum Gasteiger partial charge on any atom is 0.470 e. The first-order valence-corrected chi connectivity index (χ1v) is 6.37. The summed E-state index contributed by atoms with van der Waals surface area (Å²) in [4.78, 5) is 0. The third-order valence-electron chi connectivity index (χ3n) is 2.45. The van der Waals surface area contributed by atoms with Crippen LogP contribution in [0.1, 0.15) is 23.6 Å². The van der Waals surface area contributed by atoms with Crippen LogP contribution >= 0.6 is 0 Å². The molecule has 2 rings (SSSR count). The zero-order valence-corrected chi connectivity index (χ0v) is 11.7. The first-order valence-electron chi connectivity index (χ1n) is 6.37. The Kier molecular flexibility index (Phi) is 5.38. The Morgan fingerprint density at radius 1 is 0.667 bits per heavy atom. The van der Waals surface area contributed by atoms with Gasteiger partial charge in [-0.1, -0.05) is 0 Å². The quantitative estimate of drug-likeness (QED) is 0.564. The Hall–Kier alpha value is -2.22. The topological polar surface area (TPSA) is 102 Å².